The van der Waals surface area contributed by atoms with E-state index in [0.717, 1.165) is 0 Å². The van der Waals surface area contributed by atoms with E-state index in [-0.39, 0.29) is 12.5 Å². The van der Waals surface area contributed by atoms with E-state index < -0.39 is 23.8 Å². The molecule has 3 amide bonds. The lowest BCUT2D eigenvalue weighted by molar-refractivity contribution is -0.147. The first-order chi connectivity index (χ1) is 11.4. The van der Waals surface area contributed by atoms with Crippen LogP contribution in [-0.4, -0.2) is 52.8 Å². The van der Waals surface area contributed by atoms with Crippen molar-refractivity contribution in [2.45, 2.75) is 25.8 Å². The summed E-state index contributed by atoms with van der Waals surface area (Å²) in [6.07, 6.45) is 1.06. The second kappa shape index (κ2) is 7.58. The molecular weight excluding hydrogens is 314 g/mol. The number of carbonyl (C=O) groups excluding carboxylic acids is 3. The van der Waals surface area contributed by atoms with Gasteiger partial charge in [-0.25, -0.2) is 4.79 Å². The van der Waals surface area contributed by atoms with Crippen LogP contribution in [-0.2, 0) is 14.4 Å². The molecule has 0 aromatic heterocycles. The summed E-state index contributed by atoms with van der Waals surface area (Å²) in [6.45, 7) is 1.47. The lowest BCUT2D eigenvalue weighted by atomic mass is 10.2. The number of carbonyl (C=O) groups is 4. The molecule has 8 nitrogen and oxygen atoms in total. The summed E-state index contributed by atoms with van der Waals surface area (Å²) >= 11 is 0. The third-order valence-electron chi connectivity index (χ3n) is 3.70. The summed E-state index contributed by atoms with van der Waals surface area (Å²) in [5.74, 6) is -2.18. The third kappa shape index (κ3) is 4.31. The van der Waals surface area contributed by atoms with Crippen molar-refractivity contribution < 1.29 is 24.3 Å². The van der Waals surface area contributed by atoms with E-state index in [1.54, 1.807) is 18.2 Å². The summed E-state index contributed by atoms with van der Waals surface area (Å²) in [5.41, 5.74) is 0.775. The van der Waals surface area contributed by atoms with Crippen molar-refractivity contribution in [3.63, 3.8) is 0 Å². The lowest BCUT2D eigenvalue weighted by Crippen LogP contribution is -2.45. The molecule has 1 heterocycles. The van der Waals surface area contributed by atoms with Crippen molar-refractivity contribution in [2.24, 2.45) is 0 Å². The number of hydrogen-bond acceptors (Lipinski definition) is 4. The highest BCUT2D eigenvalue weighted by molar-refractivity contribution is 5.98. The summed E-state index contributed by atoms with van der Waals surface area (Å²) in [4.78, 5) is 47.6. The van der Waals surface area contributed by atoms with Gasteiger partial charge in [0.1, 0.15) is 6.04 Å². The molecule has 1 saturated heterocycles. The third-order valence-corrected chi connectivity index (χ3v) is 3.70. The minimum Gasteiger partial charge on any atom is -0.480 e. The van der Waals surface area contributed by atoms with Gasteiger partial charge in [0.2, 0.25) is 11.8 Å². The van der Waals surface area contributed by atoms with E-state index >= 15 is 0 Å². The average molecular weight is 333 g/mol. The zero-order chi connectivity index (χ0) is 17.7. The molecule has 0 unspecified atom stereocenters. The molecule has 0 saturated carbocycles. The van der Waals surface area contributed by atoms with Gasteiger partial charge in [-0.15, -0.1) is 0 Å². The molecule has 1 aliphatic rings. The number of carboxylic acid groups (broad SMARTS) is 1. The molecule has 1 aromatic carbocycles. The first kappa shape index (κ1) is 17.5. The standard InChI is InChI=1S/C16H19N3O5/c1-10(20)18-12-5-2-4-11(8-12)15(22)17-9-14(21)19-7-3-6-13(19)16(23)24/h2,4-5,8,13H,3,6-7,9H2,1H3,(H,17,22)(H,18,20)(H,23,24)/t13-/m0/s1. The molecule has 8 heteroatoms. The Labute approximate surface area is 138 Å². The maximum atomic E-state index is 12.1. The number of carboxylic acids is 1. The van der Waals surface area contributed by atoms with Gasteiger partial charge in [-0.1, -0.05) is 6.07 Å². The fourth-order valence-electron chi connectivity index (χ4n) is 2.62. The van der Waals surface area contributed by atoms with Gasteiger partial charge in [-0.05, 0) is 31.0 Å². The van der Waals surface area contributed by atoms with E-state index in [1.165, 1.54) is 17.9 Å². The van der Waals surface area contributed by atoms with Crippen LogP contribution in [0.25, 0.3) is 0 Å². The molecule has 1 aromatic rings. The Morgan fingerprint density at radius 2 is 2.04 bits per heavy atom. The van der Waals surface area contributed by atoms with Crippen LogP contribution in [0.2, 0.25) is 0 Å². The Kier molecular flexibility index (Phi) is 5.51. The van der Waals surface area contributed by atoms with Gasteiger partial charge in [-0.2, -0.15) is 0 Å². The highest BCUT2D eigenvalue weighted by Crippen LogP contribution is 2.17. The summed E-state index contributed by atoms with van der Waals surface area (Å²) in [7, 11) is 0. The van der Waals surface area contributed by atoms with E-state index in [9.17, 15) is 19.2 Å². The molecule has 0 bridgehead atoms. The number of aliphatic carboxylic acids is 1. The van der Waals surface area contributed by atoms with Crippen molar-refractivity contribution in [3.05, 3.63) is 29.8 Å². The second-order valence-electron chi connectivity index (χ2n) is 5.53. The van der Waals surface area contributed by atoms with Crippen LogP contribution < -0.4 is 10.6 Å². The number of nitrogens with one attached hydrogen (secondary N) is 2. The number of rotatable bonds is 5. The van der Waals surface area contributed by atoms with Crippen LogP contribution in [0.15, 0.2) is 24.3 Å². The Morgan fingerprint density at radius 1 is 1.29 bits per heavy atom. The van der Waals surface area contributed by atoms with Crippen molar-refractivity contribution >= 4 is 29.4 Å². The van der Waals surface area contributed by atoms with Crippen LogP contribution in [0.3, 0.4) is 0 Å². The highest BCUT2D eigenvalue weighted by atomic mass is 16.4. The number of anilines is 1. The molecular formula is C16H19N3O5. The fraction of sp³-hybridized carbons (Fsp3) is 0.375. The van der Waals surface area contributed by atoms with Gasteiger partial charge in [0, 0.05) is 24.7 Å². The molecule has 3 N–H and O–H groups in total. The molecule has 0 spiro atoms. The van der Waals surface area contributed by atoms with Crippen molar-refractivity contribution in [3.8, 4) is 0 Å². The van der Waals surface area contributed by atoms with Crippen molar-refractivity contribution in [1.82, 2.24) is 10.2 Å². The molecule has 0 aliphatic carbocycles. The Bertz CT molecular complexity index is 673. The molecule has 24 heavy (non-hydrogen) atoms. The molecule has 1 fully saturated rings. The highest BCUT2D eigenvalue weighted by Gasteiger charge is 2.33. The molecule has 1 atom stereocenters. The molecule has 0 radical (unpaired) electrons. The van der Waals surface area contributed by atoms with E-state index in [0.29, 0.717) is 30.6 Å². The van der Waals surface area contributed by atoms with E-state index in [4.69, 9.17) is 5.11 Å². The molecule has 128 valence electrons. The van der Waals surface area contributed by atoms with Crippen LogP contribution in [0.4, 0.5) is 5.69 Å². The SMILES string of the molecule is CC(=O)Nc1cccc(C(=O)NCC(=O)N2CCC[C@H]2C(=O)O)c1. The largest absolute Gasteiger partial charge is 0.480 e. The smallest absolute Gasteiger partial charge is 0.326 e. The van der Waals surface area contributed by atoms with Gasteiger partial charge in [-0.3, -0.25) is 14.4 Å². The van der Waals surface area contributed by atoms with Crippen LogP contribution >= 0.6 is 0 Å². The molecule has 1 aliphatic heterocycles. The second-order valence-corrected chi connectivity index (χ2v) is 5.53. The summed E-state index contributed by atoms with van der Waals surface area (Å²) in [5, 5.41) is 14.1. The normalized spacial score (nSPS) is 16.5. The monoisotopic (exact) mass is 333 g/mol. The predicted molar refractivity (Wildman–Crippen MR) is 85.4 cm³/mol. The van der Waals surface area contributed by atoms with E-state index in [2.05, 4.69) is 10.6 Å². The predicted octanol–water partition coefficient (Wildman–Crippen LogP) is 0.450. The van der Waals surface area contributed by atoms with Gasteiger partial charge < -0.3 is 20.6 Å². The van der Waals surface area contributed by atoms with Crippen LogP contribution in [0.5, 0.6) is 0 Å². The minimum atomic E-state index is -1.03. The summed E-state index contributed by atoms with van der Waals surface area (Å²) in [6, 6.07) is 5.49. The number of likely N-dealkylation sites (tertiary alicyclic amines) is 1. The van der Waals surface area contributed by atoms with Gasteiger partial charge in [0.05, 0.1) is 6.54 Å². The van der Waals surface area contributed by atoms with Crippen LogP contribution in [0, 0.1) is 0 Å². The lowest BCUT2D eigenvalue weighted by Gasteiger charge is -2.21. The zero-order valence-electron chi connectivity index (χ0n) is 13.2. The number of hydrogen-bond donors (Lipinski definition) is 3. The average Bonchev–Trinajstić information content (AvgIpc) is 3.01. The minimum absolute atomic E-state index is 0.253. The first-order valence-corrected chi connectivity index (χ1v) is 7.56. The van der Waals surface area contributed by atoms with Crippen molar-refractivity contribution in [2.75, 3.05) is 18.4 Å². The van der Waals surface area contributed by atoms with Crippen LogP contribution in [0.1, 0.15) is 30.1 Å². The van der Waals surface area contributed by atoms with Gasteiger partial charge >= 0.3 is 5.97 Å². The Balaban J connectivity index is 1.94. The first-order valence-electron chi connectivity index (χ1n) is 7.56. The molecule has 2 rings (SSSR count). The summed E-state index contributed by atoms with van der Waals surface area (Å²) < 4.78 is 0. The number of nitrogens with zero attached hydrogens (tertiary/aromatic N) is 1. The maximum absolute atomic E-state index is 12.1. The maximum Gasteiger partial charge on any atom is 0.326 e. The van der Waals surface area contributed by atoms with Gasteiger partial charge in [0.25, 0.3) is 5.91 Å². The number of benzene rings is 1. The Morgan fingerprint density at radius 3 is 2.71 bits per heavy atom. The zero-order valence-corrected chi connectivity index (χ0v) is 13.2. The topological polar surface area (TPSA) is 116 Å². The Hall–Kier alpha value is -2.90. The van der Waals surface area contributed by atoms with Gasteiger partial charge in [0.15, 0.2) is 0 Å². The van der Waals surface area contributed by atoms with E-state index in [1.807, 2.05) is 0 Å². The number of amides is 3. The quantitative estimate of drug-likeness (QED) is 0.723. The fourth-order valence-corrected chi connectivity index (χ4v) is 2.62. The van der Waals surface area contributed by atoms with Crippen molar-refractivity contribution in [1.29, 1.82) is 0 Å².